The van der Waals surface area contributed by atoms with Crippen molar-refractivity contribution in [2.45, 2.75) is 13.3 Å². The van der Waals surface area contributed by atoms with Gasteiger partial charge in [-0.25, -0.2) is 4.79 Å². The van der Waals surface area contributed by atoms with Crippen molar-refractivity contribution >= 4 is 17.8 Å². The van der Waals surface area contributed by atoms with Gasteiger partial charge in [0.1, 0.15) is 0 Å². The summed E-state index contributed by atoms with van der Waals surface area (Å²) in [5.74, 6) is -1.50. The van der Waals surface area contributed by atoms with Crippen LogP contribution in [-0.2, 0) is 9.59 Å². The van der Waals surface area contributed by atoms with E-state index in [1.54, 1.807) is 0 Å². The minimum absolute atomic E-state index is 0.105. The van der Waals surface area contributed by atoms with E-state index in [9.17, 15) is 14.4 Å². The molecule has 14 heavy (non-hydrogen) atoms. The van der Waals surface area contributed by atoms with E-state index in [-0.39, 0.29) is 25.3 Å². The Kier molecular flexibility index (Phi) is 2.46. The van der Waals surface area contributed by atoms with Gasteiger partial charge in [-0.15, -0.1) is 0 Å². The summed E-state index contributed by atoms with van der Waals surface area (Å²) in [4.78, 5) is 33.4. The fourth-order valence-corrected chi connectivity index (χ4v) is 1.52. The molecule has 1 fully saturated rings. The summed E-state index contributed by atoms with van der Waals surface area (Å²) in [5, 5.41) is 17.5. The first kappa shape index (κ1) is 10.5. The molecular weight excluding hydrogens is 190 g/mol. The average molecular weight is 201 g/mol. The van der Waals surface area contributed by atoms with Crippen LogP contribution >= 0.6 is 0 Å². The molecular formula is C8H11NO5. The standard InChI is InChI=1S/C8H11NO5/c1-8(6(11)12)2-5(10)3-9(4-8)7(13)14/h2-4H2,1H3,(H,11,12)(H,13,14). The third-order valence-corrected chi connectivity index (χ3v) is 2.28. The summed E-state index contributed by atoms with van der Waals surface area (Å²) in [6, 6.07) is 0. The van der Waals surface area contributed by atoms with Crippen LogP contribution in [0, 0.1) is 5.41 Å². The molecule has 1 rings (SSSR count). The quantitative estimate of drug-likeness (QED) is 0.624. The van der Waals surface area contributed by atoms with Crippen LogP contribution in [0.3, 0.4) is 0 Å². The highest BCUT2D eigenvalue weighted by Gasteiger charge is 2.42. The average Bonchev–Trinajstić information content (AvgIpc) is 2.02. The molecule has 1 saturated heterocycles. The number of amides is 1. The van der Waals surface area contributed by atoms with Crippen LogP contribution < -0.4 is 0 Å². The highest BCUT2D eigenvalue weighted by Crippen LogP contribution is 2.27. The Balaban J connectivity index is 2.87. The highest BCUT2D eigenvalue weighted by atomic mass is 16.4. The zero-order chi connectivity index (χ0) is 10.9. The van der Waals surface area contributed by atoms with Crippen molar-refractivity contribution in [3.05, 3.63) is 0 Å². The lowest BCUT2D eigenvalue weighted by molar-refractivity contribution is -0.153. The molecule has 2 N–H and O–H groups in total. The van der Waals surface area contributed by atoms with Gasteiger partial charge in [0.25, 0.3) is 0 Å². The van der Waals surface area contributed by atoms with Gasteiger partial charge in [-0.3, -0.25) is 14.5 Å². The van der Waals surface area contributed by atoms with Crippen molar-refractivity contribution in [2.24, 2.45) is 5.41 Å². The molecule has 0 spiro atoms. The number of hydrogen-bond donors (Lipinski definition) is 2. The Morgan fingerprint density at radius 3 is 2.43 bits per heavy atom. The van der Waals surface area contributed by atoms with Gasteiger partial charge >= 0.3 is 12.1 Å². The van der Waals surface area contributed by atoms with Gasteiger partial charge in [-0.2, -0.15) is 0 Å². The third-order valence-electron chi connectivity index (χ3n) is 2.28. The lowest BCUT2D eigenvalue weighted by Gasteiger charge is -2.34. The van der Waals surface area contributed by atoms with Crippen LogP contribution in [0.1, 0.15) is 13.3 Å². The molecule has 0 aliphatic carbocycles. The van der Waals surface area contributed by atoms with Gasteiger partial charge in [0.05, 0.1) is 12.0 Å². The van der Waals surface area contributed by atoms with Crippen molar-refractivity contribution in [3.63, 3.8) is 0 Å². The second-order valence-electron chi connectivity index (χ2n) is 3.72. The predicted molar refractivity (Wildman–Crippen MR) is 45.0 cm³/mol. The number of piperidine rings is 1. The maximum absolute atomic E-state index is 11.1. The molecule has 0 bridgehead atoms. The number of nitrogens with zero attached hydrogens (tertiary/aromatic N) is 1. The number of carbonyl (C=O) groups is 3. The Morgan fingerprint density at radius 1 is 1.43 bits per heavy atom. The maximum Gasteiger partial charge on any atom is 0.407 e. The van der Waals surface area contributed by atoms with E-state index < -0.39 is 17.5 Å². The normalized spacial score (nSPS) is 27.5. The number of hydrogen-bond acceptors (Lipinski definition) is 3. The summed E-state index contributed by atoms with van der Waals surface area (Å²) in [6.45, 7) is 1.03. The fourth-order valence-electron chi connectivity index (χ4n) is 1.52. The number of likely N-dealkylation sites (tertiary alicyclic amines) is 1. The van der Waals surface area contributed by atoms with E-state index in [4.69, 9.17) is 10.2 Å². The molecule has 6 nitrogen and oxygen atoms in total. The van der Waals surface area contributed by atoms with Crippen LogP contribution in [-0.4, -0.2) is 46.0 Å². The van der Waals surface area contributed by atoms with Gasteiger partial charge in [-0.1, -0.05) is 0 Å². The minimum atomic E-state index is -1.28. The molecule has 0 aromatic rings. The highest BCUT2D eigenvalue weighted by molar-refractivity contribution is 5.91. The molecule has 0 saturated carbocycles. The SMILES string of the molecule is CC1(C(=O)O)CC(=O)CN(C(=O)O)C1. The number of ketones is 1. The summed E-state index contributed by atoms with van der Waals surface area (Å²) >= 11 is 0. The zero-order valence-corrected chi connectivity index (χ0v) is 7.69. The van der Waals surface area contributed by atoms with Crippen LogP contribution in [0.15, 0.2) is 0 Å². The lowest BCUT2D eigenvalue weighted by Crippen LogP contribution is -2.51. The second-order valence-corrected chi connectivity index (χ2v) is 3.72. The third kappa shape index (κ3) is 1.84. The molecule has 78 valence electrons. The van der Waals surface area contributed by atoms with Gasteiger partial charge in [0, 0.05) is 13.0 Å². The summed E-state index contributed by atoms with van der Waals surface area (Å²) in [6.07, 6.45) is -1.36. The number of Topliss-reactive ketones (excluding diaryl/α,β-unsaturated/α-hetero) is 1. The maximum atomic E-state index is 11.1. The first-order valence-corrected chi connectivity index (χ1v) is 4.08. The summed E-state index contributed by atoms with van der Waals surface area (Å²) < 4.78 is 0. The molecule has 0 aromatic heterocycles. The minimum Gasteiger partial charge on any atom is -0.481 e. The van der Waals surface area contributed by atoms with Gasteiger partial charge in [-0.05, 0) is 6.92 Å². The fraction of sp³-hybridized carbons (Fsp3) is 0.625. The molecule has 1 heterocycles. The molecule has 1 aliphatic heterocycles. The van der Waals surface area contributed by atoms with E-state index in [0.29, 0.717) is 0 Å². The largest absolute Gasteiger partial charge is 0.481 e. The van der Waals surface area contributed by atoms with Crippen molar-refractivity contribution < 1.29 is 24.6 Å². The van der Waals surface area contributed by atoms with Gasteiger partial charge in [0.15, 0.2) is 5.78 Å². The molecule has 6 heteroatoms. The molecule has 0 aromatic carbocycles. The van der Waals surface area contributed by atoms with Crippen molar-refractivity contribution in [1.82, 2.24) is 4.90 Å². The lowest BCUT2D eigenvalue weighted by atomic mass is 9.81. The molecule has 1 unspecified atom stereocenters. The number of rotatable bonds is 1. The van der Waals surface area contributed by atoms with Crippen LogP contribution in [0.25, 0.3) is 0 Å². The monoisotopic (exact) mass is 201 g/mol. The van der Waals surface area contributed by atoms with E-state index in [2.05, 4.69) is 0 Å². The van der Waals surface area contributed by atoms with Crippen molar-refractivity contribution in [3.8, 4) is 0 Å². The predicted octanol–water partition coefficient (Wildman–Crippen LogP) is 0.0301. The first-order chi connectivity index (χ1) is 6.35. The van der Waals surface area contributed by atoms with Gasteiger partial charge in [0.2, 0.25) is 0 Å². The van der Waals surface area contributed by atoms with Crippen molar-refractivity contribution in [2.75, 3.05) is 13.1 Å². The molecule has 1 atom stereocenters. The molecule has 0 radical (unpaired) electrons. The smallest absolute Gasteiger partial charge is 0.407 e. The second kappa shape index (κ2) is 3.28. The first-order valence-electron chi connectivity index (χ1n) is 4.08. The Bertz CT molecular complexity index is 300. The van der Waals surface area contributed by atoms with E-state index in [1.807, 2.05) is 0 Å². The number of carboxylic acid groups (broad SMARTS) is 2. The summed E-state index contributed by atoms with van der Waals surface area (Å²) in [7, 11) is 0. The van der Waals surface area contributed by atoms with E-state index >= 15 is 0 Å². The van der Waals surface area contributed by atoms with E-state index in [1.165, 1.54) is 6.92 Å². The Hall–Kier alpha value is -1.59. The van der Waals surface area contributed by atoms with E-state index in [0.717, 1.165) is 4.90 Å². The Labute approximate surface area is 80.1 Å². The molecule has 1 aliphatic rings. The number of carbonyl (C=O) groups excluding carboxylic acids is 1. The van der Waals surface area contributed by atoms with Crippen LogP contribution in [0.4, 0.5) is 4.79 Å². The summed E-state index contributed by atoms with van der Waals surface area (Å²) in [5.41, 5.74) is -1.28. The van der Waals surface area contributed by atoms with Gasteiger partial charge < -0.3 is 10.2 Å². The number of carboxylic acids is 1. The van der Waals surface area contributed by atoms with Crippen LogP contribution in [0.2, 0.25) is 0 Å². The topological polar surface area (TPSA) is 94.9 Å². The molecule has 1 amide bonds. The van der Waals surface area contributed by atoms with Crippen molar-refractivity contribution in [1.29, 1.82) is 0 Å². The number of aliphatic carboxylic acids is 1. The Morgan fingerprint density at radius 2 is 2.00 bits per heavy atom. The zero-order valence-electron chi connectivity index (χ0n) is 7.69. The van der Waals surface area contributed by atoms with Crippen LogP contribution in [0.5, 0.6) is 0 Å².